The third kappa shape index (κ3) is 3.32. The molecule has 0 aromatic rings. The molecule has 1 atom stereocenters. The second kappa shape index (κ2) is 6.29. The van der Waals surface area contributed by atoms with E-state index < -0.39 is 0 Å². The minimum atomic E-state index is -0.381. The molecule has 88 valence electrons. The normalized spacial score (nSPS) is 23.1. The zero-order chi connectivity index (χ0) is 11.1. The molecule has 1 aliphatic rings. The number of hydrogen-bond acceptors (Lipinski definition) is 2. The minimum Gasteiger partial charge on any atom is -0.390 e. The standard InChI is InChI=1S/C13H24O2/c1-3-9-12(14)13(15-4-2)10-7-5-6-8-11-13/h3,12,14H,1,4-11H2,2H3. The minimum absolute atomic E-state index is 0.292. The summed E-state index contributed by atoms with van der Waals surface area (Å²) in [5, 5.41) is 10.2. The highest BCUT2D eigenvalue weighted by Gasteiger charge is 2.37. The first kappa shape index (κ1) is 12.7. The highest BCUT2D eigenvalue weighted by molar-refractivity contribution is 4.93. The topological polar surface area (TPSA) is 29.5 Å². The highest BCUT2D eigenvalue weighted by Crippen LogP contribution is 2.34. The SMILES string of the molecule is C=CCC(O)C1(OCC)CCCCCC1. The molecule has 0 heterocycles. The molecule has 0 aromatic carbocycles. The summed E-state index contributed by atoms with van der Waals surface area (Å²) in [6.45, 7) is 6.39. The monoisotopic (exact) mass is 212 g/mol. The largest absolute Gasteiger partial charge is 0.390 e. The van der Waals surface area contributed by atoms with Crippen LogP contribution in [0.15, 0.2) is 12.7 Å². The van der Waals surface area contributed by atoms with Gasteiger partial charge in [-0.2, -0.15) is 0 Å². The van der Waals surface area contributed by atoms with E-state index in [2.05, 4.69) is 6.58 Å². The van der Waals surface area contributed by atoms with Crippen LogP contribution in [0.1, 0.15) is 51.9 Å². The molecule has 1 rings (SSSR count). The van der Waals surface area contributed by atoms with Crippen LogP contribution in [0.3, 0.4) is 0 Å². The van der Waals surface area contributed by atoms with E-state index in [1.54, 1.807) is 6.08 Å². The molecule has 2 heteroatoms. The van der Waals surface area contributed by atoms with Gasteiger partial charge in [-0.1, -0.05) is 31.8 Å². The van der Waals surface area contributed by atoms with Gasteiger partial charge in [0.25, 0.3) is 0 Å². The number of aliphatic hydroxyl groups is 1. The second-order valence-corrected chi connectivity index (χ2v) is 4.45. The van der Waals surface area contributed by atoms with Gasteiger partial charge in [0.15, 0.2) is 0 Å². The molecule has 0 saturated heterocycles. The average Bonchev–Trinajstić information content (AvgIpc) is 2.45. The Hall–Kier alpha value is -0.340. The van der Waals surface area contributed by atoms with Crippen molar-refractivity contribution in [2.75, 3.05) is 6.61 Å². The molecule has 15 heavy (non-hydrogen) atoms. The zero-order valence-electron chi connectivity index (χ0n) is 9.87. The predicted molar refractivity (Wildman–Crippen MR) is 62.9 cm³/mol. The fourth-order valence-electron chi connectivity index (χ4n) is 2.56. The van der Waals surface area contributed by atoms with Gasteiger partial charge in [-0.25, -0.2) is 0 Å². The molecule has 1 aliphatic carbocycles. The summed E-state index contributed by atoms with van der Waals surface area (Å²) >= 11 is 0. The van der Waals surface area contributed by atoms with Gasteiger partial charge in [-0.05, 0) is 26.2 Å². The fourth-order valence-corrected chi connectivity index (χ4v) is 2.56. The van der Waals surface area contributed by atoms with Gasteiger partial charge in [0.05, 0.1) is 11.7 Å². The van der Waals surface area contributed by atoms with Crippen molar-refractivity contribution in [1.82, 2.24) is 0 Å². The van der Waals surface area contributed by atoms with Gasteiger partial charge in [-0.3, -0.25) is 0 Å². The van der Waals surface area contributed by atoms with E-state index in [0.29, 0.717) is 13.0 Å². The number of ether oxygens (including phenoxy) is 1. The molecule has 0 aliphatic heterocycles. The molecule has 0 radical (unpaired) electrons. The van der Waals surface area contributed by atoms with Crippen molar-refractivity contribution in [2.45, 2.75) is 63.6 Å². The maximum atomic E-state index is 10.2. The van der Waals surface area contributed by atoms with E-state index in [1.165, 1.54) is 25.7 Å². The van der Waals surface area contributed by atoms with Gasteiger partial charge < -0.3 is 9.84 Å². The molecule has 0 bridgehead atoms. The van der Waals surface area contributed by atoms with Crippen LogP contribution in [-0.4, -0.2) is 23.4 Å². The summed E-state index contributed by atoms with van der Waals surface area (Å²) in [7, 11) is 0. The highest BCUT2D eigenvalue weighted by atomic mass is 16.5. The number of hydrogen-bond donors (Lipinski definition) is 1. The summed E-state index contributed by atoms with van der Waals surface area (Å²) in [5.74, 6) is 0. The summed E-state index contributed by atoms with van der Waals surface area (Å²) in [4.78, 5) is 0. The van der Waals surface area contributed by atoms with Gasteiger partial charge in [0.2, 0.25) is 0 Å². The molecule has 0 spiro atoms. The molecule has 0 aromatic heterocycles. The molecular weight excluding hydrogens is 188 g/mol. The lowest BCUT2D eigenvalue weighted by Gasteiger charge is -2.37. The molecule has 0 amide bonds. The van der Waals surface area contributed by atoms with Crippen molar-refractivity contribution in [2.24, 2.45) is 0 Å². The van der Waals surface area contributed by atoms with Crippen molar-refractivity contribution in [3.8, 4) is 0 Å². The van der Waals surface area contributed by atoms with Crippen LogP contribution in [0, 0.1) is 0 Å². The Morgan fingerprint density at radius 3 is 2.40 bits per heavy atom. The lowest BCUT2D eigenvalue weighted by molar-refractivity contribution is -0.127. The summed E-state index contributed by atoms with van der Waals surface area (Å²) in [5.41, 5.74) is -0.292. The van der Waals surface area contributed by atoms with Crippen LogP contribution < -0.4 is 0 Å². The van der Waals surface area contributed by atoms with Crippen LogP contribution in [-0.2, 0) is 4.74 Å². The van der Waals surface area contributed by atoms with Crippen molar-refractivity contribution < 1.29 is 9.84 Å². The van der Waals surface area contributed by atoms with E-state index in [-0.39, 0.29) is 11.7 Å². The van der Waals surface area contributed by atoms with E-state index in [4.69, 9.17) is 4.74 Å². The molecule has 1 saturated carbocycles. The van der Waals surface area contributed by atoms with Crippen molar-refractivity contribution in [3.05, 3.63) is 12.7 Å². The Labute approximate surface area is 93.3 Å². The second-order valence-electron chi connectivity index (χ2n) is 4.45. The average molecular weight is 212 g/mol. The third-order valence-corrected chi connectivity index (χ3v) is 3.38. The fraction of sp³-hybridized carbons (Fsp3) is 0.846. The molecule has 1 N–H and O–H groups in total. The van der Waals surface area contributed by atoms with Gasteiger partial charge in [0, 0.05) is 6.61 Å². The summed E-state index contributed by atoms with van der Waals surface area (Å²) in [6, 6.07) is 0. The maximum Gasteiger partial charge on any atom is 0.0943 e. The molecule has 1 fully saturated rings. The Morgan fingerprint density at radius 2 is 1.93 bits per heavy atom. The van der Waals surface area contributed by atoms with Crippen LogP contribution in [0.4, 0.5) is 0 Å². The molecule has 2 nitrogen and oxygen atoms in total. The van der Waals surface area contributed by atoms with Crippen LogP contribution >= 0.6 is 0 Å². The smallest absolute Gasteiger partial charge is 0.0943 e. The lowest BCUT2D eigenvalue weighted by Crippen LogP contribution is -2.44. The van der Waals surface area contributed by atoms with E-state index >= 15 is 0 Å². The maximum absolute atomic E-state index is 10.2. The lowest BCUT2D eigenvalue weighted by atomic mass is 9.86. The van der Waals surface area contributed by atoms with Crippen molar-refractivity contribution in [3.63, 3.8) is 0 Å². The van der Waals surface area contributed by atoms with Crippen molar-refractivity contribution in [1.29, 1.82) is 0 Å². The van der Waals surface area contributed by atoms with Crippen molar-refractivity contribution >= 4 is 0 Å². The van der Waals surface area contributed by atoms with E-state index in [0.717, 1.165) is 12.8 Å². The van der Waals surface area contributed by atoms with Gasteiger partial charge in [0.1, 0.15) is 0 Å². The summed E-state index contributed by atoms with van der Waals surface area (Å²) < 4.78 is 5.87. The van der Waals surface area contributed by atoms with Gasteiger partial charge >= 0.3 is 0 Å². The van der Waals surface area contributed by atoms with Crippen LogP contribution in [0.5, 0.6) is 0 Å². The number of aliphatic hydroxyl groups excluding tert-OH is 1. The Bertz CT molecular complexity index is 181. The Morgan fingerprint density at radius 1 is 1.33 bits per heavy atom. The van der Waals surface area contributed by atoms with E-state index in [9.17, 15) is 5.11 Å². The predicted octanol–water partition coefficient (Wildman–Crippen LogP) is 3.05. The molecule has 1 unspecified atom stereocenters. The first-order valence-electron chi connectivity index (χ1n) is 6.18. The first-order valence-corrected chi connectivity index (χ1v) is 6.18. The summed E-state index contributed by atoms with van der Waals surface area (Å²) in [6.07, 6.45) is 8.93. The number of rotatable bonds is 5. The van der Waals surface area contributed by atoms with Crippen LogP contribution in [0.2, 0.25) is 0 Å². The Kier molecular flexibility index (Phi) is 5.34. The quantitative estimate of drug-likeness (QED) is 0.560. The van der Waals surface area contributed by atoms with Crippen LogP contribution in [0.25, 0.3) is 0 Å². The molecular formula is C13H24O2. The Balaban J connectivity index is 2.69. The first-order chi connectivity index (χ1) is 7.25. The third-order valence-electron chi connectivity index (χ3n) is 3.38. The van der Waals surface area contributed by atoms with E-state index in [1.807, 2.05) is 6.92 Å². The zero-order valence-corrected chi connectivity index (χ0v) is 9.87. The van der Waals surface area contributed by atoms with Gasteiger partial charge in [-0.15, -0.1) is 6.58 Å².